The van der Waals surface area contributed by atoms with Gasteiger partial charge in [-0.1, -0.05) is 50.6 Å². The molecule has 0 heterocycles. The van der Waals surface area contributed by atoms with Crippen LogP contribution in [0.15, 0.2) is 30.3 Å². The van der Waals surface area contributed by atoms with Crippen molar-refractivity contribution in [2.24, 2.45) is 5.92 Å². The number of carbonyl (C=O) groups excluding carboxylic acids is 1. The molecule has 1 rings (SSSR count). The maximum atomic E-state index is 11.9. The molecule has 0 aromatic heterocycles. The zero-order valence-corrected chi connectivity index (χ0v) is 10.1. The van der Waals surface area contributed by atoms with E-state index in [4.69, 9.17) is 4.84 Å². The van der Waals surface area contributed by atoms with Gasteiger partial charge in [-0.3, -0.25) is 9.63 Å². The van der Waals surface area contributed by atoms with Crippen LogP contribution in [0.3, 0.4) is 0 Å². The first-order valence-corrected chi connectivity index (χ1v) is 5.58. The van der Waals surface area contributed by atoms with Crippen molar-refractivity contribution in [3.8, 4) is 0 Å². The molecule has 88 valence electrons. The molecule has 0 saturated carbocycles. The summed E-state index contributed by atoms with van der Waals surface area (Å²) in [5.41, 5.74) is 3.45. The maximum Gasteiger partial charge on any atom is 0.251 e. The molecular formula is C13H19NO2. The maximum absolute atomic E-state index is 11.9. The number of hydrogen-bond donors (Lipinski definition) is 1. The number of rotatable bonds is 5. The molecular weight excluding hydrogens is 202 g/mol. The fourth-order valence-electron chi connectivity index (χ4n) is 1.80. The Labute approximate surface area is 96.8 Å². The quantitative estimate of drug-likeness (QED) is 0.776. The van der Waals surface area contributed by atoms with Crippen LogP contribution in [0, 0.1) is 5.92 Å². The minimum atomic E-state index is -0.147. The van der Waals surface area contributed by atoms with E-state index in [0.717, 1.165) is 12.0 Å². The van der Waals surface area contributed by atoms with Crippen molar-refractivity contribution in [2.75, 3.05) is 7.11 Å². The van der Waals surface area contributed by atoms with E-state index in [1.54, 1.807) is 0 Å². The molecule has 3 heteroatoms. The van der Waals surface area contributed by atoms with Gasteiger partial charge in [0.05, 0.1) is 13.0 Å². The van der Waals surface area contributed by atoms with Crippen molar-refractivity contribution in [1.82, 2.24) is 5.48 Å². The Morgan fingerprint density at radius 3 is 2.50 bits per heavy atom. The van der Waals surface area contributed by atoms with Crippen molar-refractivity contribution in [3.63, 3.8) is 0 Å². The molecule has 1 N–H and O–H groups in total. The molecule has 0 radical (unpaired) electrons. The largest absolute Gasteiger partial charge is 0.277 e. The third-order valence-electron chi connectivity index (χ3n) is 2.86. The fourth-order valence-corrected chi connectivity index (χ4v) is 1.80. The summed E-state index contributed by atoms with van der Waals surface area (Å²) in [6.45, 7) is 4.16. The second-order valence-electron chi connectivity index (χ2n) is 3.94. The Kier molecular flexibility index (Phi) is 4.99. The highest BCUT2D eigenvalue weighted by Gasteiger charge is 2.25. The fraction of sp³-hybridized carbons (Fsp3) is 0.462. The molecule has 0 fully saturated rings. The number of hydroxylamine groups is 1. The number of hydrogen-bond acceptors (Lipinski definition) is 2. The van der Waals surface area contributed by atoms with Crippen molar-refractivity contribution >= 4 is 5.91 Å². The van der Waals surface area contributed by atoms with E-state index in [-0.39, 0.29) is 17.7 Å². The van der Waals surface area contributed by atoms with Crippen molar-refractivity contribution in [3.05, 3.63) is 35.9 Å². The molecule has 16 heavy (non-hydrogen) atoms. The summed E-state index contributed by atoms with van der Waals surface area (Å²) >= 11 is 0. The Morgan fingerprint density at radius 2 is 2.00 bits per heavy atom. The molecule has 0 aliphatic heterocycles. The van der Waals surface area contributed by atoms with Crippen molar-refractivity contribution < 1.29 is 9.63 Å². The first-order chi connectivity index (χ1) is 7.70. The van der Waals surface area contributed by atoms with Crippen LogP contribution < -0.4 is 5.48 Å². The van der Waals surface area contributed by atoms with Gasteiger partial charge >= 0.3 is 0 Å². The summed E-state index contributed by atoms with van der Waals surface area (Å²) in [5, 5.41) is 0. The molecule has 0 aliphatic carbocycles. The van der Waals surface area contributed by atoms with Gasteiger partial charge in [0.25, 0.3) is 5.91 Å². The van der Waals surface area contributed by atoms with Gasteiger partial charge in [0.15, 0.2) is 0 Å². The van der Waals surface area contributed by atoms with E-state index in [2.05, 4.69) is 19.3 Å². The molecule has 1 aromatic carbocycles. The van der Waals surface area contributed by atoms with Crippen molar-refractivity contribution in [1.29, 1.82) is 0 Å². The lowest BCUT2D eigenvalue weighted by Gasteiger charge is -2.21. The molecule has 0 spiro atoms. The number of amides is 1. The normalized spacial score (nSPS) is 14.2. The average Bonchev–Trinajstić information content (AvgIpc) is 2.31. The molecule has 0 aliphatic rings. The second-order valence-corrected chi connectivity index (χ2v) is 3.94. The van der Waals surface area contributed by atoms with E-state index >= 15 is 0 Å². The Bertz CT molecular complexity index is 324. The van der Waals surface area contributed by atoms with Crippen LogP contribution >= 0.6 is 0 Å². The highest BCUT2D eigenvalue weighted by atomic mass is 16.6. The molecule has 0 bridgehead atoms. The van der Waals surface area contributed by atoms with Gasteiger partial charge in [0.2, 0.25) is 0 Å². The average molecular weight is 221 g/mol. The molecule has 1 aromatic rings. The van der Waals surface area contributed by atoms with E-state index in [1.165, 1.54) is 7.11 Å². The van der Waals surface area contributed by atoms with Crippen molar-refractivity contribution in [2.45, 2.75) is 26.2 Å². The van der Waals surface area contributed by atoms with Gasteiger partial charge in [0.1, 0.15) is 0 Å². The Morgan fingerprint density at radius 1 is 1.38 bits per heavy atom. The van der Waals surface area contributed by atoms with Crippen LogP contribution in [0.2, 0.25) is 0 Å². The standard InChI is InChI=1S/C13H19NO2/c1-4-10(2)12(13(15)14-16-3)11-8-6-5-7-9-11/h5-10,12H,4H2,1-3H3,(H,14,15). The lowest BCUT2D eigenvalue weighted by Crippen LogP contribution is -2.31. The highest BCUT2D eigenvalue weighted by molar-refractivity contribution is 5.83. The van der Waals surface area contributed by atoms with Crippen LogP contribution in [0.25, 0.3) is 0 Å². The third-order valence-corrected chi connectivity index (χ3v) is 2.86. The Hall–Kier alpha value is -1.35. The minimum absolute atomic E-state index is 0.0805. The van der Waals surface area contributed by atoms with Crippen LogP contribution in [0.5, 0.6) is 0 Å². The summed E-state index contributed by atoms with van der Waals surface area (Å²) < 4.78 is 0. The third kappa shape index (κ3) is 3.07. The zero-order valence-electron chi connectivity index (χ0n) is 10.1. The first-order valence-electron chi connectivity index (χ1n) is 5.58. The predicted molar refractivity (Wildman–Crippen MR) is 63.8 cm³/mol. The van der Waals surface area contributed by atoms with Gasteiger partial charge in [-0.05, 0) is 11.5 Å². The topological polar surface area (TPSA) is 38.3 Å². The summed E-state index contributed by atoms with van der Waals surface area (Å²) in [7, 11) is 1.45. The van der Waals surface area contributed by atoms with Crippen LogP contribution in [-0.2, 0) is 9.63 Å². The van der Waals surface area contributed by atoms with Gasteiger partial charge in [0, 0.05) is 0 Å². The summed E-state index contributed by atoms with van der Waals surface area (Å²) in [5.74, 6) is 0.0618. The van der Waals surface area contributed by atoms with Gasteiger partial charge in [-0.15, -0.1) is 0 Å². The number of nitrogens with one attached hydrogen (secondary N) is 1. The van der Waals surface area contributed by atoms with E-state index in [9.17, 15) is 4.79 Å². The predicted octanol–water partition coefficient (Wildman–Crippen LogP) is 2.49. The summed E-state index contributed by atoms with van der Waals surface area (Å²) in [4.78, 5) is 16.6. The molecule has 1 amide bonds. The lowest BCUT2D eigenvalue weighted by molar-refractivity contribution is -0.134. The number of benzene rings is 1. The van der Waals surface area contributed by atoms with Gasteiger partial charge in [-0.25, -0.2) is 5.48 Å². The van der Waals surface area contributed by atoms with E-state index in [0.29, 0.717) is 0 Å². The van der Waals surface area contributed by atoms with Gasteiger partial charge in [-0.2, -0.15) is 0 Å². The van der Waals surface area contributed by atoms with E-state index < -0.39 is 0 Å². The van der Waals surface area contributed by atoms with Gasteiger partial charge < -0.3 is 0 Å². The smallest absolute Gasteiger partial charge is 0.251 e. The molecule has 0 saturated heterocycles. The van der Waals surface area contributed by atoms with E-state index in [1.807, 2.05) is 30.3 Å². The van der Waals surface area contributed by atoms with Crippen LogP contribution in [0.1, 0.15) is 31.7 Å². The first kappa shape index (κ1) is 12.7. The zero-order chi connectivity index (χ0) is 12.0. The molecule has 2 unspecified atom stereocenters. The SMILES string of the molecule is CCC(C)C(C(=O)NOC)c1ccccc1. The minimum Gasteiger partial charge on any atom is -0.277 e. The number of carbonyl (C=O) groups is 1. The highest BCUT2D eigenvalue weighted by Crippen LogP contribution is 2.26. The second kappa shape index (κ2) is 6.28. The summed E-state index contributed by atoms with van der Waals surface area (Å²) in [6.07, 6.45) is 0.955. The summed E-state index contributed by atoms with van der Waals surface area (Å²) in [6, 6.07) is 9.80. The monoisotopic (exact) mass is 221 g/mol. The lowest BCUT2D eigenvalue weighted by atomic mass is 9.85. The molecule has 2 atom stereocenters. The van der Waals surface area contributed by atoms with Crippen LogP contribution in [-0.4, -0.2) is 13.0 Å². The Balaban J connectivity index is 2.92. The van der Waals surface area contributed by atoms with Crippen LogP contribution in [0.4, 0.5) is 0 Å². The molecule has 3 nitrogen and oxygen atoms in total.